The Morgan fingerprint density at radius 2 is 1.56 bits per heavy atom. The van der Waals surface area contributed by atoms with Gasteiger partial charge in [0.15, 0.2) is 0 Å². The molecule has 4 heteroatoms. The molecule has 1 aliphatic rings. The van der Waals surface area contributed by atoms with E-state index < -0.39 is 8.53 Å². The SMILES string of the molecule is OP(O)N1CCCCC1. The van der Waals surface area contributed by atoms with Crippen molar-refractivity contribution < 1.29 is 9.79 Å². The lowest BCUT2D eigenvalue weighted by molar-refractivity contribution is 0.299. The van der Waals surface area contributed by atoms with Gasteiger partial charge in [0.2, 0.25) is 0 Å². The van der Waals surface area contributed by atoms with E-state index in [-0.39, 0.29) is 0 Å². The molecule has 0 aromatic carbocycles. The number of hydrogen-bond acceptors (Lipinski definition) is 3. The Balaban J connectivity index is 2.23. The summed E-state index contributed by atoms with van der Waals surface area (Å²) in [4.78, 5) is 17.4. The largest absolute Gasteiger partial charge is 0.338 e. The molecule has 1 aliphatic heterocycles. The molecular weight excluding hydrogens is 137 g/mol. The zero-order valence-electron chi connectivity index (χ0n) is 5.32. The standard InChI is InChI=1S/C5H12NO2P/c7-9(8)6-4-2-1-3-5-6/h7-8H,1-5H2. The van der Waals surface area contributed by atoms with Crippen molar-refractivity contribution in [1.29, 1.82) is 0 Å². The summed E-state index contributed by atoms with van der Waals surface area (Å²) in [6, 6.07) is 0. The summed E-state index contributed by atoms with van der Waals surface area (Å²) in [7, 11) is -1.79. The third kappa shape index (κ3) is 2.18. The minimum absolute atomic E-state index is 0.860. The molecule has 1 fully saturated rings. The van der Waals surface area contributed by atoms with Gasteiger partial charge in [-0.25, -0.2) is 4.67 Å². The second-order valence-electron chi connectivity index (χ2n) is 2.28. The lowest BCUT2D eigenvalue weighted by atomic mass is 10.2. The highest BCUT2D eigenvalue weighted by atomic mass is 31.2. The van der Waals surface area contributed by atoms with Crippen LogP contribution in [-0.2, 0) is 0 Å². The zero-order chi connectivity index (χ0) is 6.69. The van der Waals surface area contributed by atoms with Crippen molar-refractivity contribution in [2.45, 2.75) is 19.3 Å². The number of piperidine rings is 1. The molecule has 0 atom stereocenters. The first-order valence-electron chi connectivity index (χ1n) is 3.23. The summed E-state index contributed by atoms with van der Waals surface area (Å²) >= 11 is 0. The van der Waals surface area contributed by atoms with E-state index in [0.29, 0.717) is 0 Å². The van der Waals surface area contributed by atoms with Gasteiger partial charge in [0, 0.05) is 13.1 Å². The van der Waals surface area contributed by atoms with Gasteiger partial charge in [-0.2, -0.15) is 0 Å². The van der Waals surface area contributed by atoms with E-state index in [1.807, 2.05) is 0 Å². The van der Waals surface area contributed by atoms with Crippen molar-refractivity contribution in [2.24, 2.45) is 0 Å². The smallest absolute Gasteiger partial charge is 0.253 e. The quantitative estimate of drug-likeness (QED) is 0.539. The maximum absolute atomic E-state index is 8.72. The van der Waals surface area contributed by atoms with E-state index in [0.717, 1.165) is 25.9 Å². The first-order chi connectivity index (χ1) is 4.30. The highest BCUT2D eigenvalue weighted by Gasteiger charge is 2.15. The van der Waals surface area contributed by atoms with Gasteiger partial charge in [0.1, 0.15) is 0 Å². The molecule has 9 heavy (non-hydrogen) atoms. The van der Waals surface area contributed by atoms with Crippen LogP contribution in [0.2, 0.25) is 0 Å². The number of rotatable bonds is 1. The van der Waals surface area contributed by atoms with Gasteiger partial charge in [-0.1, -0.05) is 6.42 Å². The molecule has 0 bridgehead atoms. The molecule has 3 nitrogen and oxygen atoms in total. The summed E-state index contributed by atoms with van der Waals surface area (Å²) in [6.07, 6.45) is 3.46. The Kier molecular flexibility index (Phi) is 2.86. The fraction of sp³-hybridized carbons (Fsp3) is 1.00. The highest BCUT2D eigenvalue weighted by molar-refractivity contribution is 7.42. The van der Waals surface area contributed by atoms with Gasteiger partial charge in [0.05, 0.1) is 0 Å². The number of nitrogens with zero attached hydrogens (tertiary/aromatic N) is 1. The molecule has 1 heterocycles. The summed E-state index contributed by atoms with van der Waals surface area (Å²) in [5.74, 6) is 0. The van der Waals surface area contributed by atoms with Crippen LogP contribution in [0.15, 0.2) is 0 Å². The lowest BCUT2D eigenvalue weighted by Crippen LogP contribution is -2.24. The van der Waals surface area contributed by atoms with E-state index in [1.165, 1.54) is 6.42 Å². The Morgan fingerprint density at radius 1 is 1.00 bits per heavy atom. The van der Waals surface area contributed by atoms with Crippen LogP contribution >= 0.6 is 8.53 Å². The molecule has 0 radical (unpaired) electrons. The van der Waals surface area contributed by atoms with E-state index >= 15 is 0 Å². The van der Waals surface area contributed by atoms with Crippen LogP contribution < -0.4 is 0 Å². The Hall–Kier alpha value is 0.310. The van der Waals surface area contributed by atoms with Crippen LogP contribution in [-0.4, -0.2) is 27.5 Å². The molecule has 0 spiro atoms. The first-order valence-corrected chi connectivity index (χ1v) is 4.43. The molecule has 1 rings (SSSR count). The minimum Gasteiger partial charge on any atom is -0.338 e. The van der Waals surface area contributed by atoms with Crippen molar-refractivity contribution in [3.05, 3.63) is 0 Å². The topological polar surface area (TPSA) is 43.7 Å². The van der Waals surface area contributed by atoms with E-state index in [1.54, 1.807) is 4.67 Å². The van der Waals surface area contributed by atoms with Crippen LogP contribution in [0.1, 0.15) is 19.3 Å². The molecule has 0 saturated carbocycles. The minimum atomic E-state index is -1.79. The second-order valence-corrected chi connectivity index (χ2v) is 3.38. The van der Waals surface area contributed by atoms with Gasteiger partial charge in [0.25, 0.3) is 8.53 Å². The summed E-state index contributed by atoms with van der Waals surface area (Å²) in [5, 5.41) is 0. The van der Waals surface area contributed by atoms with Crippen LogP contribution in [0.5, 0.6) is 0 Å². The van der Waals surface area contributed by atoms with Gasteiger partial charge in [-0.3, -0.25) is 0 Å². The monoisotopic (exact) mass is 149 g/mol. The summed E-state index contributed by atoms with van der Waals surface area (Å²) in [5.41, 5.74) is 0. The number of hydrogen-bond donors (Lipinski definition) is 2. The van der Waals surface area contributed by atoms with Gasteiger partial charge in [-0.05, 0) is 12.8 Å². The maximum atomic E-state index is 8.72. The van der Waals surface area contributed by atoms with Crippen molar-refractivity contribution in [3.63, 3.8) is 0 Å². The highest BCUT2D eigenvalue weighted by Crippen LogP contribution is 2.32. The Bertz CT molecular complexity index is 83.0. The fourth-order valence-corrected chi connectivity index (χ4v) is 1.70. The molecule has 54 valence electrons. The van der Waals surface area contributed by atoms with Crippen LogP contribution in [0, 0.1) is 0 Å². The normalized spacial score (nSPS) is 23.0. The van der Waals surface area contributed by atoms with E-state index in [9.17, 15) is 0 Å². The molecule has 0 aromatic rings. The van der Waals surface area contributed by atoms with Gasteiger partial charge < -0.3 is 9.79 Å². The zero-order valence-corrected chi connectivity index (χ0v) is 6.22. The average Bonchev–Trinajstić information content (AvgIpc) is 1.90. The van der Waals surface area contributed by atoms with Gasteiger partial charge >= 0.3 is 0 Å². The van der Waals surface area contributed by atoms with Crippen LogP contribution in [0.4, 0.5) is 0 Å². The second kappa shape index (κ2) is 3.47. The predicted molar refractivity (Wildman–Crippen MR) is 36.8 cm³/mol. The summed E-state index contributed by atoms with van der Waals surface area (Å²) < 4.78 is 1.73. The molecule has 0 aromatic heterocycles. The molecule has 0 amide bonds. The van der Waals surface area contributed by atoms with Crippen LogP contribution in [0.25, 0.3) is 0 Å². The van der Waals surface area contributed by atoms with E-state index in [2.05, 4.69) is 0 Å². The fourth-order valence-electron chi connectivity index (χ4n) is 1.06. The Morgan fingerprint density at radius 3 is 1.89 bits per heavy atom. The average molecular weight is 149 g/mol. The van der Waals surface area contributed by atoms with Crippen molar-refractivity contribution >= 4 is 8.53 Å². The molecule has 1 saturated heterocycles. The Labute approximate surface area is 56.3 Å². The molecular formula is C5H12NO2P. The first kappa shape index (κ1) is 7.42. The molecule has 2 N–H and O–H groups in total. The molecule has 0 unspecified atom stereocenters. The van der Waals surface area contributed by atoms with Crippen molar-refractivity contribution in [2.75, 3.05) is 13.1 Å². The maximum Gasteiger partial charge on any atom is 0.253 e. The molecule has 0 aliphatic carbocycles. The predicted octanol–water partition coefficient (Wildman–Crippen LogP) is 0.684. The van der Waals surface area contributed by atoms with Crippen molar-refractivity contribution in [1.82, 2.24) is 4.67 Å². The lowest BCUT2D eigenvalue weighted by Gasteiger charge is -2.25. The van der Waals surface area contributed by atoms with Gasteiger partial charge in [-0.15, -0.1) is 0 Å². The van der Waals surface area contributed by atoms with Crippen LogP contribution in [0.3, 0.4) is 0 Å². The van der Waals surface area contributed by atoms with E-state index in [4.69, 9.17) is 9.79 Å². The van der Waals surface area contributed by atoms with Crippen molar-refractivity contribution in [3.8, 4) is 0 Å². The summed E-state index contributed by atoms with van der Waals surface area (Å²) in [6.45, 7) is 1.72. The third-order valence-corrected chi connectivity index (χ3v) is 2.49. The third-order valence-electron chi connectivity index (χ3n) is 1.59.